The molecule has 1 aliphatic heterocycles. The molecule has 3 rings (SSSR count). The Morgan fingerprint density at radius 2 is 2.33 bits per heavy atom. The first-order valence-electron chi connectivity index (χ1n) is 6.26. The van der Waals surface area contributed by atoms with E-state index in [0.717, 1.165) is 26.8 Å². The number of ether oxygens (including phenoxy) is 1. The molecule has 1 aromatic heterocycles. The van der Waals surface area contributed by atoms with Crippen molar-refractivity contribution in [2.24, 2.45) is 5.92 Å². The van der Waals surface area contributed by atoms with E-state index >= 15 is 0 Å². The van der Waals surface area contributed by atoms with Crippen molar-refractivity contribution in [3.05, 3.63) is 38.3 Å². The van der Waals surface area contributed by atoms with Crippen LogP contribution in [0.25, 0.3) is 0 Å². The summed E-state index contributed by atoms with van der Waals surface area (Å²) in [6.07, 6.45) is 0. The van der Waals surface area contributed by atoms with Crippen molar-refractivity contribution < 1.29 is 9.84 Å². The minimum absolute atomic E-state index is 0.0578. The number of phenolic OH excluding ortho intramolecular Hbond substituents is 1. The Bertz CT molecular complexity index is 775. The van der Waals surface area contributed by atoms with E-state index in [0.29, 0.717) is 11.5 Å². The molecule has 1 aliphatic rings. The first-order chi connectivity index (χ1) is 10.1. The van der Waals surface area contributed by atoms with Crippen molar-refractivity contribution in [3.63, 3.8) is 0 Å². The van der Waals surface area contributed by atoms with E-state index in [2.05, 4.69) is 11.1 Å². The van der Waals surface area contributed by atoms with Crippen LogP contribution in [0.1, 0.15) is 16.4 Å². The minimum Gasteiger partial charge on any atom is -0.504 e. The smallest absolute Gasteiger partial charge is 0.305 e. The largest absolute Gasteiger partial charge is 0.504 e. The van der Waals surface area contributed by atoms with Gasteiger partial charge in [0.2, 0.25) is 0 Å². The highest BCUT2D eigenvalue weighted by atomic mass is 32.2. The van der Waals surface area contributed by atoms with Gasteiger partial charge in [-0.15, -0.1) is 11.8 Å². The van der Waals surface area contributed by atoms with E-state index < -0.39 is 0 Å². The molecule has 0 unspecified atom stereocenters. The molecule has 0 saturated carbocycles. The summed E-state index contributed by atoms with van der Waals surface area (Å²) < 4.78 is 5.13. The number of hydrogen-bond acceptors (Lipinski definition) is 6. The third kappa shape index (κ3) is 2.41. The fraction of sp³-hybridized carbons (Fsp3) is 0.286. The van der Waals surface area contributed by atoms with Crippen LogP contribution in [0.5, 0.6) is 11.5 Å². The molecule has 1 aromatic carbocycles. The summed E-state index contributed by atoms with van der Waals surface area (Å²) in [4.78, 5) is 15.2. The van der Waals surface area contributed by atoms with Crippen molar-refractivity contribution in [1.82, 2.24) is 4.98 Å². The van der Waals surface area contributed by atoms with Crippen molar-refractivity contribution in [2.45, 2.75) is 10.9 Å². The zero-order chi connectivity index (χ0) is 15.0. The first-order valence-corrected chi connectivity index (χ1v) is 8.06. The second-order valence-corrected chi connectivity index (χ2v) is 6.71. The molecule has 0 amide bonds. The van der Waals surface area contributed by atoms with Crippen LogP contribution < -0.4 is 9.61 Å². The van der Waals surface area contributed by atoms with E-state index in [1.807, 2.05) is 0 Å². The third-order valence-electron chi connectivity index (χ3n) is 3.46. The standard InChI is InChI=1S/C14H12N2O3S2/c1-19-10-4-7(2-3-9(10)17)11-8(5-15)6-20-13-12(11)21-14(18)16-13/h2-4,8,11,17H,6H2,1H3,(H,16,18)/t8-,11+/m0/s1. The summed E-state index contributed by atoms with van der Waals surface area (Å²) in [6, 6.07) is 7.38. The number of thioether (sulfide) groups is 1. The van der Waals surface area contributed by atoms with Crippen molar-refractivity contribution >= 4 is 23.1 Å². The van der Waals surface area contributed by atoms with Crippen LogP contribution in [-0.2, 0) is 0 Å². The predicted molar refractivity (Wildman–Crippen MR) is 81.3 cm³/mol. The molecule has 108 valence electrons. The Hall–Kier alpha value is -1.91. The molecule has 0 aliphatic carbocycles. The van der Waals surface area contributed by atoms with Crippen LogP contribution in [-0.4, -0.2) is 23.0 Å². The highest BCUT2D eigenvalue weighted by Crippen LogP contribution is 2.46. The Morgan fingerprint density at radius 1 is 1.52 bits per heavy atom. The summed E-state index contributed by atoms with van der Waals surface area (Å²) in [6.45, 7) is 0. The van der Waals surface area contributed by atoms with Crippen LogP contribution in [0, 0.1) is 17.2 Å². The normalized spacial score (nSPS) is 20.6. The van der Waals surface area contributed by atoms with E-state index in [1.54, 1.807) is 18.2 Å². The first kappa shape index (κ1) is 14.0. The summed E-state index contributed by atoms with van der Waals surface area (Å²) in [5, 5.41) is 20.0. The Morgan fingerprint density at radius 3 is 3.05 bits per heavy atom. The van der Waals surface area contributed by atoms with Crippen molar-refractivity contribution in [1.29, 1.82) is 5.26 Å². The molecule has 7 heteroatoms. The number of H-pyrrole nitrogens is 1. The zero-order valence-corrected chi connectivity index (χ0v) is 12.8. The lowest BCUT2D eigenvalue weighted by molar-refractivity contribution is 0.372. The van der Waals surface area contributed by atoms with Gasteiger partial charge in [-0.1, -0.05) is 17.4 Å². The van der Waals surface area contributed by atoms with Gasteiger partial charge < -0.3 is 14.8 Å². The van der Waals surface area contributed by atoms with Crippen molar-refractivity contribution in [3.8, 4) is 17.6 Å². The molecule has 0 radical (unpaired) electrons. The van der Waals surface area contributed by atoms with Crippen molar-refractivity contribution in [2.75, 3.05) is 12.9 Å². The molecule has 2 heterocycles. The zero-order valence-electron chi connectivity index (χ0n) is 11.1. The molecule has 0 saturated heterocycles. The number of nitriles is 1. The second kappa shape index (κ2) is 5.47. The molecule has 0 bridgehead atoms. The molecule has 21 heavy (non-hydrogen) atoms. The van der Waals surface area contributed by atoms with Gasteiger partial charge in [0.25, 0.3) is 0 Å². The summed E-state index contributed by atoms with van der Waals surface area (Å²) in [5.74, 6) is 0.659. The van der Waals surface area contributed by atoms with Gasteiger partial charge in [-0.2, -0.15) is 5.26 Å². The van der Waals surface area contributed by atoms with E-state index in [4.69, 9.17) is 4.74 Å². The SMILES string of the molecule is COc1cc([C@H]2c3sc(=O)[nH]c3SC[C@@H]2C#N)ccc1O. The molecule has 5 nitrogen and oxygen atoms in total. The number of hydrogen-bond donors (Lipinski definition) is 2. The highest BCUT2D eigenvalue weighted by molar-refractivity contribution is 7.99. The maximum absolute atomic E-state index is 11.6. The average molecular weight is 320 g/mol. The van der Waals surface area contributed by atoms with Crippen LogP contribution >= 0.6 is 23.1 Å². The van der Waals surface area contributed by atoms with Crippen LogP contribution in [0.4, 0.5) is 0 Å². The van der Waals surface area contributed by atoms with E-state index in [9.17, 15) is 15.2 Å². The number of fused-ring (bicyclic) bond motifs is 1. The molecular formula is C14H12N2O3S2. The second-order valence-electron chi connectivity index (χ2n) is 4.66. The van der Waals surface area contributed by atoms with Crippen LogP contribution in [0.2, 0.25) is 0 Å². The fourth-order valence-electron chi connectivity index (χ4n) is 2.47. The number of benzene rings is 1. The summed E-state index contributed by atoms with van der Waals surface area (Å²) in [5.41, 5.74) is 0.869. The van der Waals surface area contributed by atoms with E-state index in [-0.39, 0.29) is 22.5 Å². The number of nitrogens with zero attached hydrogens (tertiary/aromatic N) is 1. The number of thiazole rings is 1. The topological polar surface area (TPSA) is 86.1 Å². The lowest BCUT2D eigenvalue weighted by atomic mass is 9.86. The Balaban J connectivity index is 2.14. The van der Waals surface area contributed by atoms with Gasteiger partial charge in [-0.05, 0) is 17.7 Å². The maximum atomic E-state index is 11.6. The number of aromatic hydroxyl groups is 1. The Labute approximate surface area is 129 Å². The number of rotatable bonds is 2. The number of methoxy groups -OCH3 is 1. The fourth-order valence-corrected chi connectivity index (χ4v) is 4.81. The molecule has 2 aromatic rings. The molecule has 0 fully saturated rings. The lowest BCUT2D eigenvalue weighted by Crippen LogP contribution is -2.19. The van der Waals surface area contributed by atoms with Gasteiger partial charge in [0.05, 0.1) is 24.1 Å². The molecule has 2 N–H and O–H groups in total. The number of aromatic nitrogens is 1. The number of nitrogens with one attached hydrogen (secondary N) is 1. The minimum atomic E-state index is -0.219. The number of aromatic amines is 1. The average Bonchev–Trinajstić information content (AvgIpc) is 2.87. The van der Waals surface area contributed by atoms with Crippen LogP contribution in [0.3, 0.4) is 0 Å². The molecule has 0 spiro atoms. The monoisotopic (exact) mass is 320 g/mol. The van der Waals surface area contributed by atoms with Gasteiger partial charge in [-0.25, -0.2) is 0 Å². The van der Waals surface area contributed by atoms with E-state index in [1.165, 1.54) is 18.9 Å². The highest BCUT2D eigenvalue weighted by Gasteiger charge is 2.34. The summed E-state index contributed by atoms with van der Waals surface area (Å²) >= 11 is 2.65. The number of phenols is 1. The van der Waals surface area contributed by atoms with Gasteiger partial charge >= 0.3 is 4.87 Å². The quantitative estimate of drug-likeness (QED) is 0.888. The molecular weight excluding hydrogens is 308 g/mol. The predicted octanol–water partition coefficient (Wildman–Crippen LogP) is 2.53. The molecule has 2 atom stereocenters. The Kier molecular flexibility index (Phi) is 3.66. The van der Waals surface area contributed by atoms with Gasteiger partial charge in [0, 0.05) is 16.5 Å². The van der Waals surface area contributed by atoms with Gasteiger partial charge in [0.1, 0.15) is 0 Å². The van der Waals surface area contributed by atoms with Crippen LogP contribution in [0.15, 0.2) is 28.0 Å². The maximum Gasteiger partial charge on any atom is 0.305 e. The van der Waals surface area contributed by atoms with Gasteiger partial charge in [-0.3, -0.25) is 4.79 Å². The lowest BCUT2D eigenvalue weighted by Gasteiger charge is -2.26. The van der Waals surface area contributed by atoms with Gasteiger partial charge in [0.15, 0.2) is 11.5 Å². The summed E-state index contributed by atoms with van der Waals surface area (Å²) in [7, 11) is 1.48. The third-order valence-corrected chi connectivity index (χ3v) is 5.69.